The summed E-state index contributed by atoms with van der Waals surface area (Å²) < 4.78 is 0. The summed E-state index contributed by atoms with van der Waals surface area (Å²) in [4.78, 5) is 12.2. The van der Waals surface area contributed by atoms with Crippen molar-refractivity contribution in [2.24, 2.45) is 0 Å². The van der Waals surface area contributed by atoms with Gasteiger partial charge in [0.2, 0.25) is 5.91 Å². The van der Waals surface area contributed by atoms with E-state index >= 15 is 0 Å². The van der Waals surface area contributed by atoms with Gasteiger partial charge in [-0.15, -0.1) is 0 Å². The Balaban J connectivity index is 1.72. The van der Waals surface area contributed by atoms with Gasteiger partial charge in [0.05, 0.1) is 5.54 Å². The number of benzene rings is 3. The van der Waals surface area contributed by atoms with Gasteiger partial charge in [0.15, 0.2) is 0 Å². The van der Waals surface area contributed by atoms with Crippen LogP contribution in [-0.2, 0) is 16.8 Å². The van der Waals surface area contributed by atoms with Crippen LogP contribution in [0.3, 0.4) is 0 Å². The summed E-state index contributed by atoms with van der Waals surface area (Å²) in [5.41, 5.74) is 5.21. The molecular formula is C26H26NOP. The number of nitrogens with one attached hydrogen (secondary N) is 1. The minimum Gasteiger partial charge on any atom is -0.347 e. The van der Waals surface area contributed by atoms with Gasteiger partial charge >= 0.3 is 0 Å². The van der Waals surface area contributed by atoms with Crippen LogP contribution in [0.1, 0.15) is 41.5 Å². The average molecular weight is 399 g/mol. The molecule has 1 aliphatic heterocycles. The number of hydrogen-bond acceptors (Lipinski definition) is 1. The van der Waals surface area contributed by atoms with Crippen LogP contribution in [0, 0.1) is 13.8 Å². The second-order valence-electron chi connectivity index (χ2n) is 8.45. The first-order valence-electron chi connectivity index (χ1n) is 10.4. The first-order chi connectivity index (χ1) is 14.1. The second kappa shape index (κ2) is 7.11. The number of carbonyl (C=O) groups is 1. The molecule has 1 atom stereocenters. The van der Waals surface area contributed by atoms with E-state index in [1.165, 1.54) is 38.2 Å². The Hall–Kier alpha value is -2.44. The highest BCUT2D eigenvalue weighted by molar-refractivity contribution is 7.79. The van der Waals surface area contributed by atoms with Crippen LogP contribution in [0.15, 0.2) is 66.7 Å². The van der Waals surface area contributed by atoms with Crippen molar-refractivity contribution in [3.8, 4) is 0 Å². The van der Waals surface area contributed by atoms with E-state index < -0.39 is 7.92 Å². The molecule has 0 unspecified atom stereocenters. The van der Waals surface area contributed by atoms with E-state index in [9.17, 15) is 4.79 Å². The molecule has 0 aromatic heterocycles. The Morgan fingerprint density at radius 1 is 0.793 bits per heavy atom. The third-order valence-electron chi connectivity index (χ3n) is 6.41. The van der Waals surface area contributed by atoms with Crippen molar-refractivity contribution >= 4 is 29.7 Å². The molecular weight excluding hydrogens is 373 g/mol. The normalized spacial score (nSPS) is 20.3. The first kappa shape index (κ1) is 18.6. The van der Waals surface area contributed by atoms with E-state index in [1.807, 2.05) is 0 Å². The zero-order valence-electron chi connectivity index (χ0n) is 17.0. The van der Waals surface area contributed by atoms with Crippen molar-refractivity contribution in [2.75, 3.05) is 0 Å². The number of aryl methyl sites for hydroxylation is 3. The van der Waals surface area contributed by atoms with Gasteiger partial charge in [-0.3, -0.25) is 4.79 Å². The predicted molar refractivity (Wildman–Crippen MR) is 122 cm³/mol. The topological polar surface area (TPSA) is 29.1 Å². The van der Waals surface area contributed by atoms with Gasteiger partial charge in [-0.2, -0.15) is 0 Å². The highest BCUT2D eigenvalue weighted by Gasteiger charge is 2.46. The highest BCUT2D eigenvalue weighted by atomic mass is 31.1. The van der Waals surface area contributed by atoms with Gasteiger partial charge in [-0.25, -0.2) is 0 Å². The summed E-state index contributed by atoms with van der Waals surface area (Å²) in [6, 6.07) is 24.8. The van der Waals surface area contributed by atoms with Gasteiger partial charge < -0.3 is 5.32 Å². The molecule has 1 spiro atoms. The molecule has 1 heterocycles. The third-order valence-corrected chi connectivity index (χ3v) is 8.89. The molecule has 3 heteroatoms. The van der Waals surface area contributed by atoms with Crippen LogP contribution in [0.4, 0.5) is 0 Å². The van der Waals surface area contributed by atoms with Crippen molar-refractivity contribution in [1.82, 2.24) is 5.32 Å². The van der Waals surface area contributed by atoms with Gasteiger partial charge in [-0.05, 0) is 68.1 Å². The van der Waals surface area contributed by atoms with Gasteiger partial charge in [0, 0.05) is 6.42 Å². The second-order valence-corrected chi connectivity index (χ2v) is 10.6. The largest absolute Gasteiger partial charge is 0.347 e. The van der Waals surface area contributed by atoms with Crippen molar-refractivity contribution < 1.29 is 4.79 Å². The van der Waals surface area contributed by atoms with E-state index in [0.29, 0.717) is 6.42 Å². The molecule has 2 nitrogen and oxygen atoms in total. The van der Waals surface area contributed by atoms with E-state index in [0.717, 1.165) is 19.3 Å². The summed E-state index contributed by atoms with van der Waals surface area (Å²) >= 11 is 0. The lowest BCUT2D eigenvalue weighted by Crippen LogP contribution is -2.40. The van der Waals surface area contributed by atoms with Crippen molar-refractivity contribution in [2.45, 2.75) is 45.1 Å². The molecule has 0 saturated carbocycles. The van der Waals surface area contributed by atoms with Crippen LogP contribution in [0.2, 0.25) is 0 Å². The maximum Gasteiger partial charge on any atom is 0.220 e. The van der Waals surface area contributed by atoms with Crippen LogP contribution in [0.5, 0.6) is 0 Å². The molecule has 0 bridgehead atoms. The number of rotatable bonds is 3. The fourth-order valence-corrected chi connectivity index (χ4v) is 7.48. The maximum atomic E-state index is 12.2. The van der Waals surface area contributed by atoms with Crippen LogP contribution in [0.25, 0.3) is 0 Å². The van der Waals surface area contributed by atoms with Crippen molar-refractivity contribution in [1.29, 1.82) is 0 Å². The van der Waals surface area contributed by atoms with Crippen LogP contribution < -0.4 is 21.2 Å². The molecule has 1 amide bonds. The van der Waals surface area contributed by atoms with Crippen LogP contribution in [-0.4, -0.2) is 5.91 Å². The molecule has 0 radical (unpaired) electrons. The number of hydrogen-bond donors (Lipinski definition) is 1. The van der Waals surface area contributed by atoms with Gasteiger partial charge in [-0.1, -0.05) is 77.9 Å². The third kappa shape index (κ3) is 3.20. The fraction of sp³-hybridized carbons (Fsp3) is 0.269. The molecule has 3 aromatic rings. The SMILES string of the molecule is Cc1ccc(P(c2ccc(C)cc2)c2cccc3c2[C@]2(CCC(=O)N2)CC3)cc1. The number of carbonyl (C=O) groups excluding carboxylic acids is 1. The molecule has 1 aliphatic carbocycles. The monoisotopic (exact) mass is 399 g/mol. The maximum absolute atomic E-state index is 12.2. The number of amides is 1. The summed E-state index contributed by atoms with van der Waals surface area (Å²) in [5, 5.41) is 7.52. The molecule has 1 fully saturated rings. The Kier molecular flexibility index (Phi) is 4.56. The summed E-state index contributed by atoms with van der Waals surface area (Å²) in [5.74, 6) is 0.197. The zero-order valence-corrected chi connectivity index (χ0v) is 17.9. The lowest BCUT2D eigenvalue weighted by Gasteiger charge is -2.31. The molecule has 29 heavy (non-hydrogen) atoms. The van der Waals surface area contributed by atoms with Crippen LogP contribution >= 0.6 is 7.92 Å². The molecule has 5 rings (SSSR count). The standard InChI is InChI=1S/C26H26NOP/c1-18-6-10-21(11-7-18)29(22-12-8-19(2)9-13-22)23-5-3-4-20-14-16-26(25(20)23)17-15-24(28)27-26/h3-13H,14-17H2,1-2H3,(H,27,28)/t26-/m1/s1. The summed E-state index contributed by atoms with van der Waals surface area (Å²) in [6.45, 7) is 4.28. The lowest BCUT2D eigenvalue weighted by atomic mass is 9.90. The van der Waals surface area contributed by atoms with Crippen molar-refractivity contribution in [3.63, 3.8) is 0 Å². The van der Waals surface area contributed by atoms with Crippen molar-refractivity contribution in [3.05, 3.63) is 89.0 Å². The van der Waals surface area contributed by atoms with E-state index in [1.54, 1.807) is 0 Å². The Morgan fingerprint density at radius 3 is 1.93 bits per heavy atom. The van der Waals surface area contributed by atoms with E-state index in [4.69, 9.17) is 0 Å². The Labute approximate surface area is 174 Å². The van der Waals surface area contributed by atoms with Gasteiger partial charge in [0.1, 0.15) is 0 Å². The Morgan fingerprint density at radius 2 is 1.38 bits per heavy atom. The summed E-state index contributed by atoms with van der Waals surface area (Å²) in [7, 11) is -0.681. The molecule has 1 N–H and O–H groups in total. The minimum atomic E-state index is -0.681. The molecule has 1 saturated heterocycles. The van der Waals surface area contributed by atoms with E-state index in [-0.39, 0.29) is 11.4 Å². The Bertz CT molecular complexity index is 1030. The predicted octanol–water partition coefficient (Wildman–Crippen LogP) is 4.11. The number of fused-ring (bicyclic) bond motifs is 2. The molecule has 146 valence electrons. The first-order valence-corrected chi connectivity index (χ1v) is 11.8. The molecule has 3 aromatic carbocycles. The lowest BCUT2D eigenvalue weighted by molar-refractivity contribution is -0.119. The summed E-state index contributed by atoms with van der Waals surface area (Å²) in [6.07, 6.45) is 3.63. The molecule has 2 aliphatic rings. The quantitative estimate of drug-likeness (QED) is 0.660. The zero-order chi connectivity index (χ0) is 20.0. The highest BCUT2D eigenvalue weighted by Crippen LogP contribution is 2.46. The fourth-order valence-electron chi connectivity index (χ4n) is 4.92. The smallest absolute Gasteiger partial charge is 0.220 e. The average Bonchev–Trinajstić information content (AvgIpc) is 3.29. The minimum absolute atomic E-state index is 0.168. The van der Waals surface area contributed by atoms with Gasteiger partial charge in [0.25, 0.3) is 0 Å². The van der Waals surface area contributed by atoms with E-state index in [2.05, 4.69) is 85.9 Å².